The number of alkyl halides is 3. The fourth-order valence-electron chi connectivity index (χ4n) is 7.46. The quantitative estimate of drug-likeness (QED) is 0.164. The van der Waals surface area contributed by atoms with Gasteiger partial charge in [0.25, 0.3) is 11.5 Å². The highest BCUT2D eigenvalue weighted by Crippen LogP contribution is 2.31. The number of hydrogen-bond donors (Lipinski definition) is 4. The van der Waals surface area contributed by atoms with Crippen LogP contribution in [0.15, 0.2) is 88.8 Å². The van der Waals surface area contributed by atoms with Crippen molar-refractivity contribution in [3.05, 3.63) is 123 Å². The Bertz CT molecular complexity index is 2660. The molecule has 0 radical (unpaired) electrons. The van der Waals surface area contributed by atoms with Crippen molar-refractivity contribution in [3.8, 4) is 22.6 Å². The van der Waals surface area contributed by atoms with Crippen LogP contribution in [-0.2, 0) is 11.3 Å². The summed E-state index contributed by atoms with van der Waals surface area (Å²) in [6, 6.07) is 15.7. The number of nitrogens with one attached hydrogen (secondary N) is 2. The second-order valence-electron chi connectivity index (χ2n) is 14.3. The minimum atomic E-state index is -5.08. The molecular weight excluding hydrogens is 783 g/mol. The minimum absolute atomic E-state index is 0.0206. The molecule has 0 bridgehead atoms. The lowest BCUT2D eigenvalue weighted by atomic mass is 9.90. The first kappa shape index (κ1) is 40.7. The summed E-state index contributed by atoms with van der Waals surface area (Å²) in [6.45, 7) is 4.14. The summed E-state index contributed by atoms with van der Waals surface area (Å²) in [4.78, 5) is 61.0. The maximum atomic E-state index is 14.6. The van der Waals surface area contributed by atoms with Crippen LogP contribution < -0.4 is 21.9 Å². The summed E-state index contributed by atoms with van der Waals surface area (Å²) in [6.07, 6.45) is 0.404. The van der Waals surface area contributed by atoms with Crippen LogP contribution in [0.4, 0.5) is 22.0 Å². The van der Waals surface area contributed by atoms with Crippen molar-refractivity contribution in [1.82, 2.24) is 39.0 Å². The van der Waals surface area contributed by atoms with E-state index in [1.165, 1.54) is 38.1 Å². The zero-order valence-corrected chi connectivity index (χ0v) is 31.1. The largest absolute Gasteiger partial charge is 0.508 e. The number of aromatic nitrogens is 5. The molecule has 1 amide bonds. The van der Waals surface area contributed by atoms with E-state index >= 15 is 0 Å². The lowest BCUT2D eigenvalue weighted by Gasteiger charge is -2.30. The first-order valence-corrected chi connectivity index (χ1v) is 18.6. The second-order valence-corrected chi connectivity index (χ2v) is 14.3. The molecule has 2 aromatic carbocycles. The van der Waals surface area contributed by atoms with Crippen LogP contribution in [0.25, 0.3) is 33.5 Å². The molecule has 14 nitrogen and oxygen atoms in total. The highest BCUT2D eigenvalue weighted by Gasteiger charge is 2.38. The molecule has 4 N–H and O–H groups in total. The van der Waals surface area contributed by atoms with Gasteiger partial charge in [0.05, 0.1) is 17.3 Å². The number of aliphatic carboxylic acids is 1. The molecule has 4 aromatic heterocycles. The third-order valence-electron chi connectivity index (χ3n) is 10.3. The molecule has 59 heavy (non-hydrogen) atoms. The zero-order chi connectivity index (χ0) is 42.0. The van der Waals surface area contributed by atoms with E-state index in [-0.39, 0.29) is 28.5 Å². The Morgan fingerprint density at radius 1 is 0.915 bits per heavy atom. The highest BCUT2D eigenvalue weighted by molar-refractivity contribution is 5.93. The molecule has 0 spiro atoms. The number of carboxylic acid groups (broad SMARTS) is 1. The Balaban J connectivity index is 0.000000694. The number of pyridine rings is 2. The van der Waals surface area contributed by atoms with Crippen LogP contribution in [0.5, 0.6) is 5.75 Å². The average Bonchev–Trinajstić information content (AvgIpc) is 3.63. The molecule has 2 aliphatic rings. The Kier molecular flexibility index (Phi) is 11.6. The van der Waals surface area contributed by atoms with Crippen LogP contribution in [-0.4, -0.2) is 88.9 Å². The van der Waals surface area contributed by atoms with E-state index in [1.54, 1.807) is 18.2 Å². The molecule has 19 heteroatoms. The van der Waals surface area contributed by atoms with Crippen LogP contribution in [0.3, 0.4) is 0 Å². The number of amides is 1. The molecular formula is C40H37F5N8O6. The number of halogens is 5. The van der Waals surface area contributed by atoms with E-state index in [1.807, 2.05) is 24.3 Å². The second kappa shape index (κ2) is 16.8. The summed E-state index contributed by atoms with van der Waals surface area (Å²) in [5.41, 5.74) is 2.50. The van der Waals surface area contributed by atoms with E-state index in [4.69, 9.17) is 9.90 Å². The number of carbonyl (C=O) groups excluding carboxylic acids is 1. The van der Waals surface area contributed by atoms with Crippen LogP contribution in [0, 0.1) is 11.6 Å². The molecule has 6 aromatic rings. The lowest BCUT2D eigenvalue weighted by Crippen LogP contribution is -2.45. The van der Waals surface area contributed by atoms with Gasteiger partial charge in [-0.3, -0.25) is 19.1 Å². The first-order chi connectivity index (χ1) is 28.2. The Morgan fingerprint density at radius 3 is 2.36 bits per heavy atom. The molecule has 1 saturated heterocycles. The maximum absolute atomic E-state index is 14.6. The minimum Gasteiger partial charge on any atom is -0.508 e. The number of aromatic hydroxyl groups is 1. The number of nitrogens with zero attached hydrogens (tertiary/aromatic N) is 6. The third-order valence-corrected chi connectivity index (χ3v) is 10.3. The smallest absolute Gasteiger partial charge is 0.490 e. The van der Waals surface area contributed by atoms with Gasteiger partial charge in [0.2, 0.25) is 0 Å². The van der Waals surface area contributed by atoms with Crippen LogP contribution in [0.2, 0.25) is 0 Å². The Morgan fingerprint density at radius 2 is 1.64 bits per heavy atom. The summed E-state index contributed by atoms with van der Waals surface area (Å²) < 4.78 is 64.0. The summed E-state index contributed by atoms with van der Waals surface area (Å²) >= 11 is 0. The predicted octanol–water partition coefficient (Wildman–Crippen LogP) is 4.80. The van der Waals surface area contributed by atoms with Gasteiger partial charge in [-0.2, -0.15) is 13.2 Å². The summed E-state index contributed by atoms with van der Waals surface area (Å²) in [5.74, 6) is -4.14. The van der Waals surface area contributed by atoms with Crippen LogP contribution in [0.1, 0.15) is 47.8 Å². The number of imidazole rings is 1. The number of piperazine rings is 1. The van der Waals surface area contributed by atoms with Gasteiger partial charge in [-0.05, 0) is 84.8 Å². The van der Waals surface area contributed by atoms with E-state index in [2.05, 4.69) is 25.5 Å². The van der Waals surface area contributed by atoms with E-state index in [0.29, 0.717) is 43.6 Å². The van der Waals surface area contributed by atoms with Crippen molar-refractivity contribution in [2.75, 3.05) is 26.2 Å². The molecule has 0 atom stereocenters. The van der Waals surface area contributed by atoms with Gasteiger partial charge in [0.15, 0.2) is 5.65 Å². The van der Waals surface area contributed by atoms with Gasteiger partial charge in [-0.25, -0.2) is 32.9 Å². The molecule has 1 saturated carbocycles. The van der Waals surface area contributed by atoms with E-state index in [0.717, 1.165) is 55.1 Å². The number of hydrogen-bond acceptors (Lipinski definition) is 9. The fraction of sp³-hybridized carbons (Fsp3) is 0.300. The molecule has 5 heterocycles. The Hall–Kier alpha value is -6.47. The van der Waals surface area contributed by atoms with Crippen molar-refractivity contribution >= 4 is 28.6 Å². The van der Waals surface area contributed by atoms with Crippen molar-refractivity contribution in [3.63, 3.8) is 0 Å². The molecule has 8 rings (SSSR count). The Labute approximate surface area is 331 Å². The van der Waals surface area contributed by atoms with Crippen molar-refractivity contribution < 1.29 is 41.8 Å². The monoisotopic (exact) mass is 820 g/mol. The third kappa shape index (κ3) is 9.00. The van der Waals surface area contributed by atoms with Gasteiger partial charge in [-0.1, -0.05) is 18.2 Å². The van der Waals surface area contributed by atoms with Gasteiger partial charge < -0.3 is 25.2 Å². The number of phenolic OH excluding ortho intramolecular Hbond substituents is 1. The van der Waals surface area contributed by atoms with Crippen molar-refractivity contribution in [2.24, 2.45) is 0 Å². The van der Waals surface area contributed by atoms with Gasteiger partial charge in [0, 0.05) is 57.2 Å². The number of benzene rings is 2. The number of carbonyl (C=O) groups is 2. The van der Waals surface area contributed by atoms with Gasteiger partial charge in [0.1, 0.15) is 28.7 Å². The highest BCUT2D eigenvalue weighted by atomic mass is 19.4. The first-order valence-electron chi connectivity index (χ1n) is 18.6. The number of carboxylic acids is 1. The standard InChI is InChI=1S/C38H36F2N8O4.C2HF3O2/c39-25-4-11-34-44-33(22-46(34)21-25)36(50)43-27-5-7-28(8-6-27)48-37(51)32-18-26(40)19-42-35(32)47(38(48)52)29-3-1-2-23(16-29)31-10-9-30(49)17-24(31)20-45-14-12-41-13-15-45;3-2(4,5)1(6)7/h1-4,9-11,16-19,21-22,27-28,41,49H,5-8,12-15,20H2,(H,43,50);(H,6,7). The van der Waals surface area contributed by atoms with Crippen molar-refractivity contribution in [1.29, 1.82) is 0 Å². The zero-order valence-electron chi connectivity index (χ0n) is 31.1. The fourth-order valence-corrected chi connectivity index (χ4v) is 7.46. The van der Waals surface area contributed by atoms with Gasteiger partial charge >= 0.3 is 17.8 Å². The normalized spacial score (nSPS) is 17.4. The summed E-state index contributed by atoms with van der Waals surface area (Å²) in [7, 11) is 0. The van der Waals surface area contributed by atoms with Crippen LogP contribution >= 0.6 is 0 Å². The molecule has 1 aliphatic heterocycles. The number of phenols is 1. The molecule has 2 fully saturated rings. The lowest BCUT2D eigenvalue weighted by molar-refractivity contribution is -0.192. The predicted molar refractivity (Wildman–Crippen MR) is 204 cm³/mol. The SMILES string of the molecule is O=C(NC1CCC(n2c(=O)c3cc(F)cnc3n(-c3cccc(-c4ccc(O)cc4CN4CCNCC4)c3)c2=O)CC1)c1cn2cc(F)ccc2n1.O=C(O)C(F)(F)F. The topological polar surface area (TPSA) is 176 Å². The van der Waals surface area contributed by atoms with E-state index in [9.17, 15) is 41.4 Å². The summed E-state index contributed by atoms with van der Waals surface area (Å²) in [5, 5.41) is 23.8. The molecule has 1 aliphatic carbocycles. The van der Waals surface area contributed by atoms with Gasteiger partial charge in [-0.15, -0.1) is 0 Å². The average molecular weight is 821 g/mol. The number of fused-ring (bicyclic) bond motifs is 2. The van der Waals surface area contributed by atoms with Crippen molar-refractivity contribution in [2.45, 2.75) is 50.5 Å². The number of rotatable bonds is 7. The maximum Gasteiger partial charge on any atom is 0.490 e. The molecule has 0 unspecified atom stereocenters. The molecule has 308 valence electrons. The van der Waals surface area contributed by atoms with E-state index < -0.39 is 47.0 Å².